The van der Waals surface area contributed by atoms with Crippen molar-refractivity contribution in [2.45, 2.75) is 0 Å². The van der Waals surface area contributed by atoms with Gasteiger partial charge in [-0.3, -0.25) is 9.59 Å². The minimum Gasteiger partial charge on any atom is -0.457 e. The zero-order valence-corrected chi connectivity index (χ0v) is 13.1. The summed E-state index contributed by atoms with van der Waals surface area (Å²) in [6, 6.07) is 19.4. The molecule has 0 heterocycles. The Morgan fingerprint density at radius 2 is 1.64 bits per heavy atom. The normalized spacial score (nSPS) is 10.1. The van der Waals surface area contributed by atoms with Crippen LogP contribution in [0.25, 0.3) is 0 Å². The first kappa shape index (κ1) is 16.4. The van der Waals surface area contributed by atoms with Gasteiger partial charge in [-0.25, -0.2) is 4.39 Å². The highest BCUT2D eigenvalue weighted by Gasteiger charge is 2.14. The molecule has 0 aliphatic rings. The van der Waals surface area contributed by atoms with Gasteiger partial charge in [0.15, 0.2) is 6.29 Å². The van der Waals surface area contributed by atoms with E-state index in [1.165, 1.54) is 30.3 Å². The number of para-hydroxylation sites is 1. The zero-order valence-electron chi connectivity index (χ0n) is 13.1. The second kappa shape index (κ2) is 7.40. The number of hydrogen-bond acceptors (Lipinski definition) is 3. The summed E-state index contributed by atoms with van der Waals surface area (Å²) >= 11 is 0. The SMILES string of the molecule is O=Cc1ccc(Oc2ccccc2)cc1NC(=O)c1ccccc1F. The van der Waals surface area contributed by atoms with Crippen molar-refractivity contribution in [3.05, 3.63) is 89.7 Å². The molecule has 0 saturated carbocycles. The summed E-state index contributed by atoms with van der Waals surface area (Å²) in [7, 11) is 0. The van der Waals surface area contributed by atoms with E-state index in [0.29, 0.717) is 17.8 Å². The third-order valence-electron chi connectivity index (χ3n) is 3.50. The topological polar surface area (TPSA) is 55.4 Å². The smallest absolute Gasteiger partial charge is 0.258 e. The van der Waals surface area contributed by atoms with Gasteiger partial charge in [0.05, 0.1) is 11.3 Å². The number of rotatable bonds is 5. The minimum absolute atomic E-state index is 0.103. The van der Waals surface area contributed by atoms with Crippen LogP contribution >= 0.6 is 0 Å². The number of amides is 1. The second-order valence-electron chi connectivity index (χ2n) is 5.22. The highest BCUT2D eigenvalue weighted by molar-refractivity contribution is 6.06. The van der Waals surface area contributed by atoms with Gasteiger partial charge in [0.2, 0.25) is 0 Å². The highest BCUT2D eigenvalue weighted by Crippen LogP contribution is 2.26. The summed E-state index contributed by atoms with van der Waals surface area (Å²) in [6.07, 6.45) is 0.614. The van der Waals surface area contributed by atoms with Gasteiger partial charge in [0.1, 0.15) is 17.3 Å². The number of ether oxygens (including phenoxy) is 1. The lowest BCUT2D eigenvalue weighted by Crippen LogP contribution is -2.14. The van der Waals surface area contributed by atoms with Crippen LogP contribution in [0.3, 0.4) is 0 Å². The van der Waals surface area contributed by atoms with Gasteiger partial charge < -0.3 is 10.1 Å². The maximum atomic E-state index is 13.7. The Labute approximate surface area is 143 Å². The number of hydrogen-bond donors (Lipinski definition) is 1. The van der Waals surface area contributed by atoms with Gasteiger partial charge in [-0.05, 0) is 36.4 Å². The third kappa shape index (κ3) is 3.90. The van der Waals surface area contributed by atoms with Gasteiger partial charge in [0.25, 0.3) is 5.91 Å². The zero-order chi connectivity index (χ0) is 17.6. The molecule has 0 atom stereocenters. The molecule has 0 spiro atoms. The van der Waals surface area contributed by atoms with Gasteiger partial charge in [0, 0.05) is 11.6 Å². The molecule has 0 bridgehead atoms. The van der Waals surface area contributed by atoms with Crippen molar-refractivity contribution in [2.24, 2.45) is 0 Å². The van der Waals surface area contributed by atoms with Crippen LogP contribution in [0.2, 0.25) is 0 Å². The van der Waals surface area contributed by atoms with E-state index < -0.39 is 11.7 Å². The monoisotopic (exact) mass is 335 g/mol. The van der Waals surface area contributed by atoms with E-state index in [2.05, 4.69) is 5.32 Å². The van der Waals surface area contributed by atoms with E-state index in [1.54, 1.807) is 24.3 Å². The van der Waals surface area contributed by atoms with Crippen molar-refractivity contribution in [2.75, 3.05) is 5.32 Å². The average Bonchev–Trinajstić information content (AvgIpc) is 2.63. The number of anilines is 1. The summed E-state index contributed by atoms with van der Waals surface area (Å²) in [4.78, 5) is 23.5. The fourth-order valence-electron chi connectivity index (χ4n) is 2.27. The van der Waals surface area contributed by atoms with Crippen LogP contribution in [0.15, 0.2) is 72.8 Å². The van der Waals surface area contributed by atoms with Crippen molar-refractivity contribution in [1.82, 2.24) is 0 Å². The van der Waals surface area contributed by atoms with E-state index >= 15 is 0 Å². The van der Waals surface area contributed by atoms with Crippen molar-refractivity contribution in [3.8, 4) is 11.5 Å². The Kier molecular flexibility index (Phi) is 4.85. The molecule has 0 fully saturated rings. The number of aldehydes is 1. The Balaban J connectivity index is 1.87. The Morgan fingerprint density at radius 3 is 2.36 bits per heavy atom. The molecular formula is C20H14FNO3. The molecule has 3 rings (SSSR count). The van der Waals surface area contributed by atoms with Crippen molar-refractivity contribution in [1.29, 1.82) is 0 Å². The van der Waals surface area contributed by atoms with Crippen molar-refractivity contribution < 1.29 is 18.7 Å². The predicted octanol–water partition coefficient (Wildman–Crippen LogP) is 4.68. The molecule has 0 saturated heterocycles. The summed E-state index contributed by atoms with van der Waals surface area (Å²) < 4.78 is 19.4. The molecular weight excluding hydrogens is 321 g/mol. The first-order valence-corrected chi connectivity index (χ1v) is 7.55. The van der Waals surface area contributed by atoms with E-state index in [4.69, 9.17) is 4.74 Å². The maximum absolute atomic E-state index is 13.7. The largest absolute Gasteiger partial charge is 0.457 e. The van der Waals surface area contributed by atoms with Gasteiger partial charge in [-0.2, -0.15) is 0 Å². The molecule has 4 nitrogen and oxygen atoms in total. The van der Waals surface area contributed by atoms with E-state index in [9.17, 15) is 14.0 Å². The fourth-order valence-corrected chi connectivity index (χ4v) is 2.27. The lowest BCUT2D eigenvalue weighted by atomic mass is 10.1. The molecule has 124 valence electrons. The minimum atomic E-state index is -0.641. The molecule has 3 aromatic carbocycles. The molecule has 1 amide bonds. The van der Waals surface area contributed by atoms with Crippen LogP contribution in [0.5, 0.6) is 11.5 Å². The van der Waals surface area contributed by atoms with Crippen molar-refractivity contribution in [3.63, 3.8) is 0 Å². The number of halogens is 1. The first-order valence-electron chi connectivity index (χ1n) is 7.55. The Morgan fingerprint density at radius 1 is 0.920 bits per heavy atom. The molecule has 1 N–H and O–H groups in total. The highest BCUT2D eigenvalue weighted by atomic mass is 19.1. The molecule has 25 heavy (non-hydrogen) atoms. The molecule has 0 unspecified atom stereocenters. The lowest BCUT2D eigenvalue weighted by molar-refractivity contribution is 0.102. The van der Waals surface area contributed by atoms with Crippen LogP contribution in [-0.4, -0.2) is 12.2 Å². The lowest BCUT2D eigenvalue weighted by Gasteiger charge is -2.11. The Bertz CT molecular complexity index is 910. The van der Waals surface area contributed by atoms with Gasteiger partial charge in [-0.1, -0.05) is 30.3 Å². The Hall–Kier alpha value is -3.47. The summed E-state index contributed by atoms with van der Waals surface area (Å²) in [5.74, 6) is -0.212. The van der Waals surface area contributed by atoms with Crippen LogP contribution in [0.1, 0.15) is 20.7 Å². The molecule has 0 aliphatic heterocycles. The predicted molar refractivity (Wildman–Crippen MR) is 92.7 cm³/mol. The van der Waals surface area contributed by atoms with E-state index in [1.807, 2.05) is 18.2 Å². The first-order chi connectivity index (χ1) is 12.2. The van der Waals surface area contributed by atoms with E-state index in [-0.39, 0.29) is 16.8 Å². The molecule has 0 radical (unpaired) electrons. The quantitative estimate of drug-likeness (QED) is 0.689. The maximum Gasteiger partial charge on any atom is 0.258 e. The standard InChI is InChI=1S/C20H14FNO3/c21-18-9-5-4-8-17(18)20(24)22-19-12-16(11-10-14(19)13-23)25-15-6-2-1-3-7-15/h1-13H,(H,22,24). The van der Waals surface area contributed by atoms with Gasteiger partial charge >= 0.3 is 0 Å². The van der Waals surface area contributed by atoms with Crippen LogP contribution in [-0.2, 0) is 0 Å². The second-order valence-corrected chi connectivity index (χ2v) is 5.22. The molecule has 3 aromatic rings. The number of carbonyl (C=O) groups excluding carboxylic acids is 2. The fraction of sp³-hybridized carbons (Fsp3) is 0. The van der Waals surface area contributed by atoms with Gasteiger partial charge in [-0.15, -0.1) is 0 Å². The molecule has 0 aromatic heterocycles. The van der Waals surface area contributed by atoms with Crippen LogP contribution < -0.4 is 10.1 Å². The summed E-state index contributed by atoms with van der Waals surface area (Å²) in [5.41, 5.74) is 0.413. The number of carbonyl (C=O) groups is 2. The third-order valence-corrected chi connectivity index (χ3v) is 3.50. The van der Waals surface area contributed by atoms with Crippen LogP contribution in [0.4, 0.5) is 10.1 Å². The summed E-state index contributed by atoms with van der Waals surface area (Å²) in [5, 5.41) is 2.55. The van der Waals surface area contributed by atoms with Crippen LogP contribution in [0, 0.1) is 5.82 Å². The van der Waals surface area contributed by atoms with Crippen molar-refractivity contribution >= 4 is 17.9 Å². The summed E-state index contributed by atoms with van der Waals surface area (Å²) in [6.45, 7) is 0. The molecule has 0 aliphatic carbocycles. The number of nitrogens with one attached hydrogen (secondary N) is 1. The average molecular weight is 335 g/mol. The number of benzene rings is 3. The molecule has 5 heteroatoms. The van der Waals surface area contributed by atoms with E-state index in [0.717, 1.165) is 0 Å².